The van der Waals surface area contributed by atoms with Crippen molar-refractivity contribution in [1.82, 2.24) is 4.90 Å². The van der Waals surface area contributed by atoms with E-state index in [1.165, 1.54) is 30.3 Å². The number of benzene rings is 3. The van der Waals surface area contributed by atoms with E-state index in [9.17, 15) is 32.3 Å². The third kappa shape index (κ3) is 6.05. The summed E-state index contributed by atoms with van der Waals surface area (Å²) >= 11 is 0. The number of carboxylic acids is 1. The van der Waals surface area contributed by atoms with Gasteiger partial charge in [-0.15, -0.1) is 0 Å². The maximum absolute atomic E-state index is 14.9. The second kappa shape index (κ2) is 11.2. The summed E-state index contributed by atoms with van der Waals surface area (Å²) in [5, 5.41) is 9.25. The van der Waals surface area contributed by atoms with Crippen LogP contribution in [0.3, 0.4) is 0 Å². The standard InChI is InChI=1S/C30H27F4NO5/c31-25-7-6-21(23-13-18(14-29(37)38)5-8-27(23)40-17-30(32,33)34)24-16-35(11-9-22(24)25)28(36)15-19-10-12-39-26-4-2-1-3-20(19)26/h1-8,13,19H,9-12,14-17H2,(H,37,38). The molecule has 0 saturated heterocycles. The average molecular weight is 558 g/mol. The number of rotatable bonds is 7. The maximum Gasteiger partial charge on any atom is 0.422 e. The number of hydrogen-bond donors (Lipinski definition) is 1. The van der Waals surface area contributed by atoms with E-state index in [2.05, 4.69) is 0 Å². The number of alkyl halides is 3. The maximum atomic E-state index is 14.9. The lowest BCUT2D eigenvalue weighted by atomic mass is 9.87. The molecule has 10 heteroatoms. The summed E-state index contributed by atoms with van der Waals surface area (Å²) in [4.78, 5) is 26.4. The van der Waals surface area contributed by atoms with E-state index >= 15 is 0 Å². The fraction of sp³-hybridized carbons (Fsp3) is 0.333. The van der Waals surface area contributed by atoms with Gasteiger partial charge < -0.3 is 19.5 Å². The number of hydrogen-bond acceptors (Lipinski definition) is 4. The van der Waals surface area contributed by atoms with Crippen molar-refractivity contribution >= 4 is 11.9 Å². The first-order valence-corrected chi connectivity index (χ1v) is 12.9. The minimum absolute atomic E-state index is 0.0269. The van der Waals surface area contributed by atoms with Crippen molar-refractivity contribution in [3.05, 3.63) is 82.7 Å². The first-order chi connectivity index (χ1) is 19.1. The number of ether oxygens (including phenoxy) is 2. The molecule has 40 heavy (non-hydrogen) atoms. The van der Waals surface area contributed by atoms with E-state index in [4.69, 9.17) is 9.47 Å². The number of halogens is 4. The van der Waals surface area contributed by atoms with Crippen LogP contribution in [0.5, 0.6) is 11.5 Å². The molecular formula is C30H27F4NO5. The minimum atomic E-state index is -4.59. The Bertz CT molecular complexity index is 1440. The molecule has 0 spiro atoms. The molecule has 5 rings (SSSR count). The van der Waals surface area contributed by atoms with Gasteiger partial charge in [0.15, 0.2) is 6.61 Å². The van der Waals surface area contributed by atoms with Crippen molar-refractivity contribution in [2.75, 3.05) is 19.8 Å². The van der Waals surface area contributed by atoms with Gasteiger partial charge in [-0.1, -0.05) is 30.3 Å². The average Bonchev–Trinajstić information content (AvgIpc) is 2.92. The summed E-state index contributed by atoms with van der Waals surface area (Å²) in [5.74, 6) is -1.07. The molecule has 0 saturated carbocycles. The molecular weight excluding hydrogens is 530 g/mol. The first-order valence-electron chi connectivity index (χ1n) is 12.9. The molecule has 2 heterocycles. The Labute approximate surface area is 228 Å². The monoisotopic (exact) mass is 557 g/mol. The van der Waals surface area contributed by atoms with Crippen LogP contribution in [0.25, 0.3) is 11.1 Å². The van der Waals surface area contributed by atoms with Crippen LogP contribution in [0.2, 0.25) is 0 Å². The first kappa shape index (κ1) is 27.5. The van der Waals surface area contributed by atoms with Crippen LogP contribution in [0.15, 0.2) is 54.6 Å². The summed E-state index contributed by atoms with van der Waals surface area (Å²) in [7, 11) is 0. The van der Waals surface area contributed by atoms with Gasteiger partial charge in [0.25, 0.3) is 0 Å². The molecule has 210 valence electrons. The summed E-state index contributed by atoms with van der Waals surface area (Å²) in [5.41, 5.74) is 2.77. The van der Waals surface area contributed by atoms with E-state index < -0.39 is 24.6 Å². The van der Waals surface area contributed by atoms with Gasteiger partial charge in [-0.25, -0.2) is 4.39 Å². The molecule has 1 N–H and O–H groups in total. The molecule has 6 nitrogen and oxygen atoms in total. The number of fused-ring (bicyclic) bond motifs is 2. The lowest BCUT2D eigenvalue weighted by Gasteiger charge is -2.33. The van der Waals surface area contributed by atoms with Gasteiger partial charge in [0.2, 0.25) is 5.91 Å². The molecule has 3 aromatic carbocycles. The van der Waals surface area contributed by atoms with Gasteiger partial charge in [-0.3, -0.25) is 9.59 Å². The Kier molecular flexibility index (Phi) is 7.69. The number of amides is 1. The van der Waals surface area contributed by atoms with Crippen molar-refractivity contribution in [2.24, 2.45) is 0 Å². The molecule has 1 atom stereocenters. The van der Waals surface area contributed by atoms with Crippen molar-refractivity contribution in [3.63, 3.8) is 0 Å². The normalized spacial score (nSPS) is 16.5. The third-order valence-electron chi connectivity index (χ3n) is 7.29. The van der Waals surface area contributed by atoms with Gasteiger partial charge in [0.1, 0.15) is 17.3 Å². The highest BCUT2D eigenvalue weighted by Gasteiger charge is 2.32. The number of carboxylic acid groups (broad SMARTS) is 1. The third-order valence-corrected chi connectivity index (χ3v) is 7.29. The van der Waals surface area contributed by atoms with Gasteiger partial charge in [0.05, 0.1) is 13.0 Å². The lowest BCUT2D eigenvalue weighted by Crippen LogP contribution is -2.37. The molecule has 0 bridgehead atoms. The summed E-state index contributed by atoms with van der Waals surface area (Å²) < 4.78 is 64.6. The molecule has 1 amide bonds. The van der Waals surface area contributed by atoms with Crippen LogP contribution in [-0.4, -0.2) is 47.8 Å². The fourth-order valence-corrected chi connectivity index (χ4v) is 5.42. The van der Waals surface area contributed by atoms with Crippen molar-refractivity contribution in [2.45, 2.75) is 44.3 Å². The second-order valence-electron chi connectivity index (χ2n) is 10.00. The molecule has 3 aromatic rings. The SMILES string of the molecule is O=C(O)Cc1ccc(OCC(F)(F)F)c(-c2ccc(F)c3c2CN(C(=O)CC2CCOc4ccccc42)CC3)c1. The summed E-state index contributed by atoms with van der Waals surface area (Å²) in [6.45, 7) is -0.680. The smallest absolute Gasteiger partial charge is 0.422 e. The molecule has 0 aliphatic carbocycles. The highest BCUT2D eigenvalue weighted by Crippen LogP contribution is 2.40. The van der Waals surface area contributed by atoms with Crippen LogP contribution in [0.1, 0.15) is 41.0 Å². The predicted molar refractivity (Wildman–Crippen MR) is 138 cm³/mol. The van der Waals surface area contributed by atoms with E-state index in [1.54, 1.807) is 4.90 Å². The molecule has 1 unspecified atom stereocenters. The van der Waals surface area contributed by atoms with Crippen LogP contribution < -0.4 is 9.47 Å². The highest BCUT2D eigenvalue weighted by atomic mass is 19.4. The Hall–Kier alpha value is -4.08. The highest BCUT2D eigenvalue weighted by molar-refractivity contribution is 5.81. The molecule has 0 aromatic heterocycles. The molecule has 0 fully saturated rings. The second-order valence-corrected chi connectivity index (χ2v) is 10.00. The molecule has 0 radical (unpaired) electrons. The summed E-state index contributed by atoms with van der Waals surface area (Å²) in [6.07, 6.45) is -3.78. The predicted octanol–water partition coefficient (Wildman–Crippen LogP) is 5.90. The van der Waals surface area contributed by atoms with Gasteiger partial charge in [-0.2, -0.15) is 13.2 Å². The Morgan fingerprint density at radius 1 is 1.05 bits per heavy atom. The zero-order valence-corrected chi connectivity index (χ0v) is 21.5. The Morgan fingerprint density at radius 2 is 1.85 bits per heavy atom. The Balaban J connectivity index is 1.46. The zero-order chi connectivity index (χ0) is 28.4. The number of aliphatic carboxylic acids is 1. The zero-order valence-electron chi connectivity index (χ0n) is 21.5. The van der Waals surface area contributed by atoms with E-state index in [-0.39, 0.29) is 48.9 Å². The van der Waals surface area contributed by atoms with Crippen molar-refractivity contribution in [1.29, 1.82) is 0 Å². The van der Waals surface area contributed by atoms with Gasteiger partial charge in [-0.05, 0) is 70.8 Å². The van der Waals surface area contributed by atoms with Gasteiger partial charge >= 0.3 is 12.1 Å². The van der Waals surface area contributed by atoms with Crippen LogP contribution >= 0.6 is 0 Å². The lowest BCUT2D eigenvalue weighted by molar-refractivity contribution is -0.153. The van der Waals surface area contributed by atoms with Crippen LogP contribution in [0.4, 0.5) is 17.6 Å². The molecule has 2 aliphatic rings. The van der Waals surface area contributed by atoms with Crippen LogP contribution in [0, 0.1) is 5.82 Å². The minimum Gasteiger partial charge on any atom is -0.493 e. The molecule has 2 aliphatic heterocycles. The number of carbonyl (C=O) groups excluding carboxylic acids is 1. The van der Waals surface area contributed by atoms with E-state index in [0.29, 0.717) is 41.8 Å². The number of nitrogens with zero attached hydrogens (tertiary/aromatic N) is 1. The van der Waals surface area contributed by atoms with Gasteiger partial charge in [0, 0.05) is 25.1 Å². The van der Waals surface area contributed by atoms with Crippen molar-refractivity contribution in [3.8, 4) is 22.6 Å². The van der Waals surface area contributed by atoms with Crippen LogP contribution in [-0.2, 0) is 29.0 Å². The fourth-order valence-electron chi connectivity index (χ4n) is 5.42. The van der Waals surface area contributed by atoms with Crippen molar-refractivity contribution < 1.29 is 41.7 Å². The summed E-state index contributed by atoms with van der Waals surface area (Å²) in [6, 6.07) is 14.4. The van der Waals surface area contributed by atoms with E-state index in [0.717, 1.165) is 11.3 Å². The number of carbonyl (C=O) groups is 2. The topological polar surface area (TPSA) is 76.1 Å². The largest absolute Gasteiger partial charge is 0.493 e. The number of para-hydroxylation sites is 1. The Morgan fingerprint density at radius 3 is 2.62 bits per heavy atom. The quantitative estimate of drug-likeness (QED) is 0.366. The van der Waals surface area contributed by atoms with E-state index in [1.807, 2.05) is 24.3 Å².